The molecule has 194 valence electrons. The molecule has 0 atom stereocenters. The Bertz CT molecular complexity index is 1400. The van der Waals surface area contributed by atoms with Crippen LogP contribution in [0, 0.1) is 6.92 Å². The fraction of sp³-hybridized carbons (Fsp3) is 0.467. The molecule has 1 saturated heterocycles. The third-order valence-corrected chi connectivity index (χ3v) is 7.68. The largest absolute Gasteiger partial charge is 0.338 e. The Balaban J connectivity index is 1.46. The summed E-state index contributed by atoms with van der Waals surface area (Å²) in [5.74, 6) is 0.780. The van der Waals surface area contributed by atoms with Gasteiger partial charge in [0.25, 0.3) is 0 Å². The average molecular weight is 498 g/mol. The molecule has 4 aromatic rings. The van der Waals surface area contributed by atoms with Gasteiger partial charge in [-0.25, -0.2) is 9.97 Å². The van der Waals surface area contributed by atoms with Crippen molar-refractivity contribution in [1.82, 2.24) is 29.4 Å². The van der Waals surface area contributed by atoms with Crippen LogP contribution in [0.15, 0.2) is 49.1 Å². The molecule has 4 heterocycles. The number of pyridine rings is 1. The second-order valence-electron chi connectivity index (χ2n) is 12.1. The topological polar surface area (TPSA) is 63.0 Å². The smallest absolute Gasteiger partial charge is 0.227 e. The van der Waals surface area contributed by atoms with Gasteiger partial charge in [-0.2, -0.15) is 4.98 Å². The summed E-state index contributed by atoms with van der Waals surface area (Å²) < 4.78 is 2.05. The molecule has 7 heteroatoms. The summed E-state index contributed by atoms with van der Waals surface area (Å²) in [5.41, 5.74) is 8.12. The number of aryl methyl sites for hydroxylation is 2. The minimum Gasteiger partial charge on any atom is -0.338 e. The number of aromatic nitrogens is 5. The maximum Gasteiger partial charge on any atom is 0.227 e. The Kier molecular flexibility index (Phi) is 6.52. The number of rotatable bonds is 5. The van der Waals surface area contributed by atoms with Crippen molar-refractivity contribution in [2.75, 3.05) is 24.5 Å². The first kappa shape index (κ1) is 25.3. The normalized spacial score (nSPS) is 16.5. The number of benzene rings is 1. The molecule has 0 bridgehead atoms. The van der Waals surface area contributed by atoms with Crippen molar-refractivity contribution in [3.63, 3.8) is 0 Å². The molecule has 0 N–H and O–H groups in total. The van der Waals surface area contributed by atoms with Crippen molar-refractivity contribution in [3.8, 4) is 0 Å². The van der Waals surface area contributed by atoms with Gasteiger partial charge in [0.1, 0.15) is 5.52 Å². The molecule has 3 aromatic heterocycles. The lowest BCUT2D eigenvalue weighted by Crippen LogP contribution is -2.59. The molecule has 37 heavy (non-hydrogen) atoms. The number of hydrogen-bond donors (Lipinski definition) is 0. The Labute approximate surface area is 220 Å². The van der Waals surface area contributed by atoms with Crippen LogP contribution in [0.2, 0.25) is 0 Å². The number of nitrogens with zero attached hydrogens (tertiary/aromatic N) is 7. The molecular weight excluding hydrogens is 458 g/mol. The SMILES string of the molecule is Cc1ccc(C(C)(C)C)cc1Cc1nc(N2CCN(Cc3ccncc3)C(C)(C)C2)nc2ncn(C)c12. The molecule has 5 rings (SSSR count). The van der Waals surface area contributed by atoms with E-state index >= 15 is 0 Å². The zero-order valence-corrected chi connectivity index (χ0v) is 23.3. The van der Waals surface area contributed by atoms with Gasteiger partial charge in [0.15, 0.2) is 5.65 Å². The monoisotopic (exact) mass is 497 g/mol. The third kappa shape index (κ3) is 5.23. The van der Waals surface area contributed by atoms with Crippen molar-refractivity contribution in [3.05, 3.63) is 77.0 Å². The van der Waals surface area contributed by atoms with E-state index < -0.39 is 0 Å². The molecule has 1 fully saturated rings. The van der Waals surface area contributed by atoms with Gasteiger partial charge in [0, 0.05) is 57.6 Å². The lowest BCUT2D eigenvalue weighted by Gasteiger charge is -2.47. The van der Waals surface area contributed by atoms with Crippen LogP contribution in [-0.4, -0.2) is 54.6 Å². The van der Waals surface area contributed by atoms with Crippen molar-refractivity contribution in [2.24, 2.45) is 7.05 Å². The van der Waals surface area contributed by atoms with Crippen LogP contribution in [0.5, 0.6) is 0 Å². The first-order chi connectivity index (χ1) is 17.5. The molecule has 0 spiro atoms. The molecule has 0 unspecified atom stereocenters. The highest BCUT2D eigenvalue weighted by Gasteiger charge is 2.35. The summed E-state index contributed by atoms with van der Waals surface area (Å²) in [6, 6.07) is 11.0. The van der Waals surface area contributed by atoms with Gasteiger partial charge in [-0.05, 0) is 60.6 Å². The molecule has 1 aliphatic heterocycles. The van der Waals surface area contributed by atoms with Crippen LogP contribution in [0.4, 0.5) is 5.95 Å². The Hall–Kier alpha value is -3.32. The number of hydrogen-bond acceptors (Lipinski definition) is 6. The number of fused-ring (bicyclic) bond motifs is 1. The third-order valence-electron chi connectivity index (χ3n) is 7.68. The molecule has 1 aliphatic rings. The standard InChI is InChI=1S/C30H39N7/c1-21-8-9-24(29(2,3)4)16-23(21)17-25-26-27(32-20-35(26)7)34-28(33-25)36-14-15-37(30(5,6)19-36)18-22-10-12-31-13-11-22/h8-13,16,20H,14-15,17-19H2,1-7H3. The number of imidazole rings is 1. The average Bonchev–Trinajstić information content (AvgIpc) is 3.22. The Morgan fingerprint density at radius 1 is 1.00 bits per heavy atom. The molecule has 1 aromatic carbocycles. The van der Waals surface area contributed by atoms with E-state index in [1.165, 1.54) is 22.3 Å². The first-order valence-electron chi connectivity index (χ1n) is 13.2. The number of piperazine rings is 1. The van der Waals surface area contributed by atoms with Gasteiger partial charge in [-0.15, -0.1) is 0 Å². The van der Waals surface area contributed by atoms with Crippen LogP contribution < -0.4 is 4.90 Å². The van der Waals surface area contributed by atoms with E-state index in [-0.39, 0.29) is 11.0 Å². The molecule has 0 saturated carbocycles. The second kappa shape index (κ2) is 9.53. The van der Waals surface area contributed by atoms with Crippen LogP contribution in [0.3, 0.4) is 0 Å². The van der Waals surface area contributed by atoms with Crippen LogP contribution in [0.1, 0.15) is 62.6 Å². The summed E-state index contributed by atoms with van der Waals surface area (Å²) in [6.07, 6.45) is 6.35. The minimum absolute atomic E-state index is 0.0260. The maximum absolute atomic E-state index is 5.19. The zero-order chi connectivity index (χ0) is 26.4. The van der Waals surface area contributed by atoms with Crippen LogP contribution in [0.25, 0.3) is 11.2 Å². The van der Waals surface area contributed by atoms with Crippen LogP contribution in [-0.2, 0) is 25.4 Å². The van der Waals surface area contributed by atoms with E-state index in [0.717, 1.165) is 55.4 Å². The number of anilines is 1. The van der Waals surface area contributed by atoms with E-state index in [1.807, 2.05) is 30.3 Å². The highest BCUT2D eigenvalue weighted by molar-refractivity contribution is 5.75. The van der Waals surface area contributed by atoms with Gasteiger partial charge in [0.2, 0.25) is 5.95 Å². The Morgan fingerprint density at radius 3 is 2.46 bits per heavy atom. The molecule has 0 radical (unpaired) electrons. The zero-order valence-electron chi connectivity index (χ0n) is 23.3. The van der Waals surface area contributed by atoms with Gasteiger partial charge in [0.05, 0.1) is 12.0 Å². The van der Waals surface area contributed by atoms with Gasteiger partial charge in [-0.1, -0.05) is 39.0 Å². The van der Waals surface area contributed by atoms with Crippen molar-refractivity contribution in [2.45, 2.75) is 65.5 Å². The fourth-order valence-corrected chi connectivity index (χ4v) is 5.26. The van der Waals surface area contributed by atoms with E-state index in [2.05, 4.69) is 91.6 Å². The van der Waals surface area contributed by atoms with Crippen molar-refractivity contribution >= 4 is 17.1 Å². The molecule has 7 nitrogen and oxygen atoms in total. The lowest BCUT2D eigenvalue weighted by molar-refractivity contribution is 0.0955. The van der Waals surface area contributed by atoms with Gasteiger partial charge in [-0.3, -0.25) is 9.88 Å². The van der Waals surface area contributed by atoms with Gasteiger partial charge < -0.3 is 9.47 Å². The van der Waals surface area contributed by atoms with Gasteiger partial charge >= 0.3 is 0 Å². The summed E-state index contributed by atoms with van der Waals surface area (Å²) in [4.78, 5) is 23.8. The molecule has 0 aliphatic carbocycles. The van der Waals surface area contributed by atoms with E-state index in [9.17, 15) is 0 Å². The quantitative estimate of drug-likeness (QED) is 0.384. The summed E-state index contributed by atoms with van der Waals surface area (Å²) in [7, 11) is 2.03. The first-order valence-corrected chi connectivity index (χ1v) is 13.2. The highest BCUT2D eigenvalue weighted by atomic mass is 15.4. The van der Waals surface area contributed by atoms with E-state index in [4.69, 9.17) is 9.97 Å². The Morgan fingerprint density at radius 2 is 1.76 bits per heavy atom. The highest BCUT2D eigenvalue weighted by Crippen LogP contribution is 2.29. The van der Waals surface area contributed by atoms with E-state index in [0.29, 0.717) is 0 Å². The fourth-order valence-electron chi connectivity index (χ4n) is 5.26. The van der Waals surface area contributed by atoms with Crippen molar-refractivity contribution in [1.29, 1.82) is 0 Å². The lowest BCUT2D eigenvalue weighted by atomic mass is 9.84. The van der Waals surface area contributed by atoms with E-state index in [1.54, 1.807) is 0 Å². The van der Waals surface area contributed by atoms with Crippen molar-refractivity contribution < 1.29 is 0 Å². The van der Waals surface area contributed by atoms with Crippen LogP contribution >= 0.6 is 0 Å². The predicted molar refractivity (Wildman–Crippen MR) is 150 cm³/mol. The molecule has 0 amide bonds. The summed E-state index contributed by atoms with van der Waals surface area (Å²) >= 11 is 0. The second-order valence-corrected chi connectivity index (χ2v) is 12.1. The maximum atomic E-state index is 5.19. The minimum atomic E-state index is -0.0260. The summed E-state index contributed by atoms with van der Waals surface area (Å²) in [6.45, 7) is 17.2. The molecular formula is C30H39N7. The summed E-state index contributed by atoms with van der Waals surface area (Å²) in [5, 5.41) is 0. The predicted octanol–water partition coefficient (Wildman–Crippen LogP) is 5.06.